The molecule has 27 heavy (non-hydrogen) atoms. The second-order valence-electron chi connectivity index (χ2n) is 6.01. The summed E-state index contributed by atoms with van der Waals surface area (Å²) in [5.74, 6) is 2.08. The van der Waals surface area contributed by atoms with Crippen molar-refractivity contribution in [3.63, 3.8) is 0 Å². The van der Waals surface area contributed by atoms with Crippen LogP contribution < -0.4 is 4.74 Å². The van der Waals surface area contributed by atoms with Crippen molar-refractivity contribution < 1.29 is 9.15 Å². The number of thiophene rings is 2. The van der Waals surface area contributed by atoms with Gasteiger partial charge in [0, 0.05) is 23.5 Å². The second-order valence-corrected chi connectivity index (χ2v) is 7.99. The Morgan fingerprint density at radius 3 is 2.56 bits per heavy atom. The van der Waals surface area contributed by atoms with Crippen molar-refractivity contribution >= 4 is 22.7 Å². The van der Waals surface area contributed by atoms with Crippen LogP contribution in [-0.4, -0.2) is 22.2 Å². The summed E-state index contributed by atoms with van der Waals surface area (Å²) in [6, 6.07) is 16.3. The number of nitrogens with zero attached hydrogens (tertiary/aromatic N) is 3. The van der Waals surface area contributed by atoms with Gasteiger partial charge in [-0.15, -0.1) is 32.9 Å². The summed E-state index contributed by atoms with van der Waals surface area (Å²) in [5, 5.41) is 12.5. The first kappa shape index (κ1) is 17.9. The maximum atomic E-state index is 5.89. The van der Waals surface area contributed by atoms with E-state index in [1.165, 1.54) is 4.88 Å². The molecule has 0 saturated heterocycles. The van der Waals surface area contributed by atoms with E-state index in [0.717, 1.165) is 29.3 Å². The van der Waals surface area contributed by atoms with Crippen LogP contribution in [0.3, 0.4) is 0 Å². The standard InChI is InChI=1S/C20H19N3O2S2/c1-24-17-8-3-2-6-15(17)12-23(13-16-7-4-10-26-16)14-19-21-22-20(25-19)18-9-5-11-27-18/h2-11H,12-14H2,1H3. The quantitative estimate of drug-likeness (QED) is 0.415. The van der Waals surface area contributed by atoms with Crippen LogP contribution >= 0.6 is 22.7 Å². The molecule has 1 aromatic carbocycles. The minimum Gasteiger partial charge on any atom is -0.496 e. The molecule has 4 aromatic rings. The van der Waals surface area contributed by atoms with Crippen LogP contribution in [0.2, 0.25) is 0 Å². The third-order valence-electron chi connectivity index (χ3n) is 4.10. The molecule has 7 heteroatoms. The summed E-state index contributed by atoms with van der Waals surface area (Å²) >= 11 is 3.34. The summed E-state index contributed by atoms with van der Waals surface area (Å²) in [5.41, 5.74) is 1.13. The molecule has 3 aromatic heterocycles. The molecule has 5 nitrogen and oxygen atoms in total. The molecule has 0 unspecified atom stereocenters. The summed E-state index contributed by atoms with van der Waals surface area (Å²) in [6.07, 6.45) is 0. The maximum absolute atomic E-state index is 5.89. The number of ether oxygens (including phenoxy) is 1. The van der Waals surface area contributed by atoms with Gasteiger partial charge in [0.1, 0.15) is 5.75 Å². The fraction of sp³-hybridized carbons (Fsp3) is 0.200. The van der Waals surface area contributed by atoms with Gasteiger partial charge >= 0.3 is 0 Å². The normalized spacial score (nSPS) is 11.2. The Kier molecular flexibility index (Phi) is 5.62. The van der Waals surface area contributed by atoms with E-state index in [1.54, 1.807) is 29.8 Å². The Morgan fingerprint density at radius 2 is 1.78 bits per heavy atom. The van der Waals surface area contributed by atoms with Gasteiger partial charge < -0.3 is 9.15 Å². The van der Waals surface area contributed by atoms with Crippen LogP contribution in [0.5, 0.6) is 5.75 Å². The highest BCUT2D eigenvalue weighted by Gasteiger charge is 2.16. The highest BCUT2D eigenvalue weighted by atomic mass is 32.1. The van der Waals surface area contributed by atoms with Crippen LogP contribution in [0.4, 0.5) is 0 Å². The molecule has 0 aliphatic carbocycles. The monoisotopic (exact) mass is 397 g/mol. The average molecular weight is 398 g/mol. The minimum atomic E-state index is 0.577. The Hall–Kier alpha value is -2.48. The van der Waals surface area contributed by atoms with Crippen LogP contribution in [-0.2, 0) is 19.6 Å². The van der Waals surface area contributed by atoms with Crippen LogP contribution in [0.25, 0.3) is 10.8 Å². The first-order chi connectivity index (χ1) is 13.3. The van der Waals surface area contributed by atoms with Gasteiger partial charge in [-0.1, -0.05) is 30.3 Å². The minimum absolute atomic E-state index is 0.577. The van der Waals surface area contributed by atoms with Gasteiger partial charge in [0.25, 0.3) is 5.89 Å². The molecule has 4 rings (SSSR count). The number of methoxy groups -OCH3 is 1. The highest BCUT2D eigenvalue weighted by Crippen LogP contribution is 2.25. The molecule has 0 fully saturated rings. The van der Waals surface area contributed by atoms with Crippen molar-refractivity contribution in [2.75, 3.05) is 7.11 Å². The van der Waals surface area contributed by atoms with Crippen LogP contribution in [0.1, 0.15) is 16.3 Å². The van der Waals surface area contributed by atoms with E-state index in [0.29, 0.717) is 18.3 Å². The van der Waals surface area contributed by atoms with E-state index in [-0.39, 0.29) is 0 Å². The Labute approximate surface area is 165 Å². The molecular formula is C20H19N3O2S2. The van der Waals surface area contributed by atoms with Crippen molar-refractivity contribution in [1.82, 2.24) is 15.1 Å². The number of aromatic nitrogens is 2. The fourth-order valence-corrected chi connectivity index (χ4v) is 4.26. The van der Waals surface area contributed by atoms with E-state index < -0.39 is 0 Å². The van der Waals surface area contributed by atoms with Gasteiger partial charge in [0.05, 0.1) is 18.5 Å². The molecule has 0 spiro atoms. The van der Waals surface area contributed by atoms with Crippen molar-refractivity contribution in [1.29, 1.82) is 0 Å². The lowest BCUT2D eigenvalue weighted by Crippen LogP contribution is -2.22. The third kappa shape index (κ3) is 4.44. The zero-order valence-corrected chi connectivity index (χ0v) is 16.5. The van der Waals surface area contributed by atoms with Gasteiger partial charge in [0.15, 0.2) is 0 Å². The topological polar surface area (TPSA) is 51.4 Å². The molecule has 138 valence electrons. The maximum Gasteiger partial charge on any atom is 0.257 e. The lowest BCUT2D eigenvalue weighted by molar-refractivity contribution is 0.222. The number of benzene rings is 1. The van der Waals surface area contributed by atoms with Crippen molar-refractivity contribution in [3.05, 3.63) is 75.6 Å². The molecule has 0 amide bonds. The van der Waals surface area contributed by atoms with Crippen molar-refractivity contribution in [2.24, 2.45) is 0 Å². The largest absolute Gasteiger partial charge is 0.496 e. The van der Waals surface area contributed by atoms with Gasteiger partial charge in [-0.05, 0) is 29.0 Å². The highest BCUT2D eigenvalue weighted by molar-refractivity contribution is 7.13. The van der Waals surface area contributed by atoms with E-state index in [1.807, 2.05) is 35.7 Å². The first-order valence-electron chi connectivity index (χ1n) is 8.54. The molecule has 0 saturated carbocycles. The van der Waals surface area contributed by atoms with E-state index in [9.17, 15) is 0 Å². The smallest absolute Gasteiger partial charge is 0.257 e. The van der Waals surface area contributed by atoms with Crippen molar-refractivity contribution in [2.45, 2.75) is 19.6 Å². The summed E-state index contributed by atoms with van der Waals surface area (Å²) < 4.78 is 11.4. The summed E-state index contributed by atoms with van der Waals surface area (Å²) in [6.45, 7) is 2.12. The zero-order valence-electron chi connectivity index (χ0n) is 14.9. The summed E-state index contributed by atoms with van der Waals surface area (Å²) in [4.78, 5) is 4.57. The number of hydrogen-bond acceptors (Lipinski definition) is 7. The van der Waals surface area contributed by atoms with Gasteiger partial charge in [0.2, 0.25) is 5.89 Å². The third-order valence-corrected chi connectivity index (χ3v) is 5.82. The zero-order chi connectivity index (χ0) is 18.5. The Morgan fingerprint density at radius 1 is 0.926 bits per heavy atom. The number of hydrogen-bond donors (Lipinski definition) is 0. The molecule has 0 aliphatic heterocycles. The molecule has 0 atom stereocenters. The Balaban J connectivity index is 1.54. The van der Waals surface area contributed by atoms with Gasteiger partial charge in [-0.3, -0.25) is 4.90 Å². The van der Waals surface area contributed by atoms with E-state index in [4.69, 9.17) is 9.15 Å². The van der Waals surface area contributed by atoms with Gasteiger partial charge in [-0.25, -0.2) is 0 Å². The SMILES string of the molecule is COc1ccccc1CN(Cc1nnc(-c2cccs2)o1)Cc1cccs1. The molecular weight excluding hydrogens is 378 g/mol. The van der Waals surface area contributed by atoms with E-state index >= 15 is 0 Å². The molecule has 3 heterocycles. The van der Waals surface area contributed by atoms with Crippen LogP contribution in [0, 0.1) is 0 Å². The predicted molar refractivity (Wildman–Crippen MR) is 108 cm³/mol. The average Bonchev–Trinajstić information content (AvgIpc) is 3.44. The molecule has 0 radical (unpaired) electrons. The lowest BCUT2D eigenvalue weighted by Gasteiger charge is -2.21. The lowest BCUT2D eigenvalue weighted by atomic mass is 10.2. The number of para-hydroxylation sites is 1. The second kappa shape index (κ2) is 8.47. The fourth-order valence-electron chi connectivity index (χ4n) is 2.87. The number of rotatable bonds is 8. The molecule has 0 N–H and O–H groups in total. The summed E-state index contributed by atoms with van der Waals surface area (Å²) in [7, 11) is 1.70. The van der Waals surface area contributed by atoms with Gasteiger partial charge in [-0.2, -0.15) is 0 Å². The predicted octanol–water partition coefficient (Wildman–Crippen LogP) is 5.07. The van der Waals surface area contributed by atoms with Crippen molar-refractivity contribution in [3.8, 4) is 16.5 Å². The van der Waals surface area contributed by atoms with E-state index in [2.05, 4.69) is 38.7 Å². The van der Waals surface area contributed by atoms with Crippen LogP contribution in [0.15, 0.2) is 63.7 Å². The molecule has 0 aliphatic rings. The molecule has 0 bridgehead atoms. The first-order valence-corrected chi connectivity index (χ1v) is 10.3. The Bertz CT molecular complexity index is 965.